The fourth-order valence-electron chi connectivity index (χ4n) is 7.91. The normalized spacial score (nSPS) is 58.9. The molecular weight excluding hydrogens is 292 g/mol. The molecule has 4 aliphatic rings. The standard InChI is InChI=1S/C22H32N2/c1-13-9-15-10-22(4,12-24)14(2)17-5-6-18-20(19(15)17)16(13)7-8-21(18,3)11-23/h13-20H,5-10H2,1-4H3/t13-,14-,15?,16+,17+,18-,19+,20+,21+,22-/m0/s1. The zero-order valence-corrected chi connectivity index (χ0v) is 15.8. The molecule has 0 aromatic heterocycles. The molecule has 0 aromatic rings. The summed E-state index contributed by atoms with van der Waals surface area (Å²) in [6.07, 6.45) is 7.24. The maximum Gasteiger partial charge on any atom is 0.0689 e. The van der Waals surface area contributed by atoms with Gasteiger partial charge in [0.15, 0.2) is 0 Å². The van der Waals surface area contributed by atoms with E-state index in [1.165, 1.54) is 25.7 Å². The number of nitriles is 2. The second-order valence-corrected chi connectivity index (χ2v) is 10.2. The first-order chi connectivity index (χ1) is 11.3. The lowest BCUT2D eigenvalue weighted by Gasteiger charge is -2.65. The van der Waals surface area contributed by atoms with Crippen LogP contribution in [0.25, 0.3) is 0 Å². The average Bonchev–Trinajstić information content (AvgIpc) is 2.58. The van der Waals surface area contributed by atoms with Crippen molar-refractivity contribution in [2.75, 3.05) is 0 Å². The summed E-state index contributed by atoms with van der Waals surface area (Å²) in [5, 5.41) is 19.8. The Morgan fingerprint density at radius 3 is 2.25 bits per heavy atom. The van der Waals surface area contributed by atoms with Gasteiger partial charge in [0, 0.05) is 0 Å². The van der Waals surface area contributed by atoms with Crippen LogP contribution in [0.3, 0.4) is 0 Å². The molecule has 4 saturated carbocycles. The van der Waals surface area contributed by atoms with Crippen molar-refractivity contribution in [3.8, 4) is 12.1 Å². The maximum absolute atomic E-state index is 9.90. The van der Waals surface area contributed by atoms with Gasteiger partial charge in [-0.05, 0) is 99.7 Å². The van der Waals surface area contributed by atoms with Gasteiger partial charge in [-0.3, -0.25) is 0 Å². The molecule has 4 aliphatic carbocycles. The first kappa shape index (κ1) is 16.4. The zero-order chi connectivity index (χ0) is 17.3. The summed E-state index contributed by atoms with van der Waals surface area (Å²) >= 11 is 0. The molecule has 0 saturated heterocycles. The first-order valence-corrected chi connectivity index (χ1v) is 10.2. The lowest BCUT2D eigenvalue weighted by Crippen LogP contribution is -2.59. The van der Waals surface area contributed by atoms with Crippen molar-refractivity contribution in [3.05, 3.63) is 0 Å². The molecule has 0 amide bonds. The summed E-state index contributed by atoms with van der Waals surface area (Å²) < 4.78 is 0. The van der Waals surface area contributed by atoms with Crippen LogP contribution in [0.15, 0.2) is 0 Å². The predicted molar refractivity (Wildman–Crippen MR) is 94.4 cm³/mol. The number of hydrogen-bond donors (Lipinski definition) is 0. The Hall–Kier alpha value is -1.02. The maximum atomic E-state index is 9.90. The van der Waals surface area contributed by atoms with Crippen LogP contribution in [-0.2, 0) is 0 Å². The van der Waals surface area contributed by atoms with Crippen molar-refractivity contribution in [2.24, 2.45) is 58.2 Å². The van der Waals surface area contributed by atoms with Crippen LogP contribution in [0, 0.1) is 80.8 Å². The molecule has 0 heterocycles. The highest BCUT2D eigenvalue weighted by molar-refractivity contribution is 5.16. The average molecular weight is 325 g/mol. The highest BCUT2D eigenvalue weighted by Gasteiger charge is 2.62. The largest absolute Gasteiger partial charge is 0.198 e. The molecule has 2 nitrogen and oxygen atoms in total. The second-order valence-electron chi connectivity index (χ2n) is 10.2. The highest BCUT2D eigenvalue weighted by Crippen LogP contribution is 2.67. The Kier molecular flexibility index (Phi) is 3.59. The second kappa shape index (κ2) is 5.24. The third kappa shape index (κ3) is 1.98. The summed E-state index contributed by atoms with van der Waals surface area (Å²) in [5.41, 5.74) is -0.245. The smallest absolute Gasteiger partial charge is 0.0689 e. The van der Waals surface area contributed by atoms with Gasteiger partial charge in [-0.1, -0.05) is 13.8 Å². The molecule has 0 aromatic carbocycles. The van der Waals surface area contributed by atoms with Crippen LogP contribution in [0.5, 0.6) is 0 Å². The molecule has 130 valence electrons. The van der Waals surface area contributed by atoms with Gasteiger partial charge in [0.1, 0.15) is 0 Å². The van der Waals surface area contributed by atoms with Gasteiger partial charge < -0.3 is 0 Å². The molecule has 2 heteroatoms. The molecule has 0 spiro atoms. The summed E-state index contributed by atoms with van der Waals surface area (Å²) in [4.78, 5) is 0. The highest BCUT2D eigenvalue weighted by atomic mass is 14.7. The van der Waals surface area contributed by atoms with Crippen LogP contribution in [0.4, 0.5) is 0 Å². The summed E-state index contributed by atoms with van der Waals surface area (Å²) in [7, 11) is 0. The van der Waals surface area contributed by atoms with Gasteiger partial charge in [-0.15, -0.1) is 0 Å². The van der Waals surface area contributed by atoms with Crippen molar-refractivity contribution in [1.82, 2.24) is 0 Å². The van der Waals surface area contributed by atoms with Crippen LogP contribution >= 0.6 is 0 Å². The van der Waals surface area contributed by atoms with E-state index in [-0.39, 0.29) is 10.8 Å². The van der Waals surface area contributed by atoms with E-state index in [4.69, 9.17) is 0 Å². The van der Waals surface area contributed by atoms with Crippen molar-refractivity contribution >= 4 is 0 Å². The Balaban J connectivity index is 1.76. The third-order valence-electron chi connectivity index (χ3n) is 9.32. The fraction of sp³-hybridized carbons (Fsp3) is 0.909. The van der Waals surface area contributed by atoms with Gasteiger partial charge in [-0.2, -0.15) is 10.5 Å². The van der Waals surface area contributed by atoms with E-state index < -0.39 is 0 Å². The third-order valence-corrected chi connectivity index (χ3v) is 9.32. The molecule has 0 radical (unpaired) electrons. The van der Waals surface area contributed by atoms with Crippen molar-refractivity contribution in [1.29, 1.82) is 10.5 Å². The molecule has 24 heavy (non-hydrogen) atoms. The van der Waals surface area contributed by atoms with E-state index in [2.05, 4.69) is 39.8 Å². The molecule has 0 aliphatic heterocycles. The number of nitrogens with zero attached hydrogens (tertiary/aromatic N) is 2. The molecule has 4 fully saturated rings. The summed E-state index contributed by atoms with van der Waals surface area (Å²) in [6.45, 7) is 9.27. The van der Waals surface area contributed by atoms with Crippen LogP contribution in [-0.4, -0.2) is 0 Å². The Morgan fingerprint density at radius 1 is 0.875 bits per heavy atom. The van der Waals surface area contributed by atoms with Gasteiger partial charge >= 0.3 is 0 Å². The van der Waals surface area contributed by atoms with Crippen molar-refractivity contribution in [2.45, 2.75) is 66.2 Å². The lowest BCUT2D eigenvalue weighted by molar-refractivity contribution is -0.160. The van der Waals surface area contributed by atoms with Gasteiger partial charge in [0.25, 0.3) is 0 Å². The molecule has 4 rings (SSSR count). The summed E-state index contributed by atoms with van der Waals surface area (Å²) in [5.74, 6) is 5.69. The Labute approximate surface area is 147 Å². The molecular formula is C22H32N2. The first-order valence-electron chi connectivity index (χ1n) is 10.2. The minimum atomic E-state index is -0.140. The van der Waals surface area contributed by atoms with Crippen LogP contribution in [0.2, 0.25) is 0 Å². The van der Waals surface area contributed by atoms with Crippen LogP contribution in [0.1, 0.15) is 66.2 Å². The van der Waals surface area contributed by atoms with Crippen LogP contribution < -0.4 is 0 Å². The van der Waals surface area contributed by atoms with Crippen molar-refractivity contribution < 1.29 is 0 Å². The minimum absolute atomic E-state index is 0.104. The number of hydrogen-bond acceptors (Lipinski definition) is 2. The fourth-order valence-corrected chi connectivity index (χ4v) is 7.91. The van der Waals surface area contributed by atoms with E-state index in [9.17, 15) is 10.5 Å². The Morgan fingerprint density at radius 2 is 1.58 bits per heavy atom. The van der Waals surface area contributed by atoms with E-state index in [0.29, 0.717) is 17.8 Å². The number of rotatable bonds is 0. The van der Waals surface area contributed by atoms with E-state index in [1.54, 1.807) is 0 Å². The quantitative estimate of drug-likeness (QED) is 0.598. The van der Waals surface area contributed by atoms with Gasteiger partial charge in [0.05, 0.1) is 23.0 Å². The monoisotopic (exact) mass is 324 g/mol. The SMILES string of the molecule is C[C@H]1CC2C[C@@](C)(C#N)[C@@H](C)[C@H]3CC[C@H]4[C@@H]([C@@H]1CC[C@]4(C)C#N)[C@H]23. The lowest BCUT2D eigenvalue weighted by atomic mass is 9.39. The predicted octanol–water partition coefficient (Wildman–Crippen LogP) is 5.41. The van der Waals surface area contributed by atoms with E-state index in [1.807, 2.05) is 0 Å². The Bertz CT molecular complexity index is 612. The summed E-state index contributed by atoms with van der Waals surface area (Å²) in [6, 6.07) is 5.44. The minimum Gasteiger partial charge on any atom is -0.198 e. The van der Waals surface area contributed by atoms with Gasteiger partial charge in [-0.25, -0.2) is 0 Å². The molecule has 0 N–H and O–H groups in total. The van der Waals surface area contributed by atoms with Crippen molar-refractivity contribution in [3.63, 3.8) is 0 Å². The van der Waals surface area contributed by atoms with E-state index >= 15 is 0 Å². The zero-order valence-electron chi connectivity index (χ0n) is 15.8. The molecule has 0 bridgehead atoms. The van der Waals surface area contributed by atoms with E-state index in [0.717, 1.165) is 42.4 Å². The topological polar surface area (TPSA) is 47.6 Å². The molecule has 1 unspecified atom stereocenters. The molecule has 10 atom stereocenters. The van der Waals surface area contributed by atoms with Gasteiger partial charge in [0.2, 0.25) is 0 Å².